The van der Waals surface area contributed by atoms with Crippen molar-refractivity contribution in [1.82, 2.24) is 9.47 Å². The number of rotatable bonds is 3. The number of nitrogens with zero attached hydrogens (tertiary/aromatic N) is 2. The molecule has 2 aliphatic rings. The highest BCUT2D eigenvalue weighted by molar-refractivity contribution is 5.98. The van der Waals surface area contributed by atoms with Gasteiger partial charge >= 0.3 is 0 Å². The lowest BCUT2D eigenvalue weighted by Crippen LogP contribution is -2.62. The molecular weight excluding hydrogens is 316 g/mol. The van der Waals surface area contributed by atoms with E-state index in [-0.39, 0.29) is 23.5 Å². The maximum atomic E-state index is 13.0. The number of para-hydroxylation sites is 1. The Bertz CT molecular complexity index is 787. The van der Waals surface area contributed by atoms with E-state index in [1.165, 1.54) is 0 Å². The van der Waals surface area contributed by atoms with E-state index in [1.807, 2.05) is 53.8 Å². The molecule has 25 heavy (non-hydrogen) atoms. The first-order chi connectivity index (χ1) is 12.1. The van der Waals surface area contributed by atoms with Gasteiger partial charge in [-0.1, -0.05) is 18.2 Å². The van der Waals surface area contributed by atoms with Gasteiger partial charge in [-0.15, -0.1) is 0 Å². The summed E-state index contributed by atoms with van der Waals surface area (Å²) in [6.07, 6.45) is 2.20. The zero-order chi connectivity index (χ0) is 17.6. The number of aromatic nitrogens is 1. The predicted molar refractivity (Wildman–Crippen MR) is 96.5 cm³/mol. The van der Waals surface area contributed by atoms with Crippen LogP contribution in [0.3, 0.4) is 0 Å². The van der Waals surface area contributed by atoms with Gasteiger partial charge in [0.2, 0.25) is 0 Å². The van der Waals surface area contributed by atoms with Crippen molar-refractivity contribution in [2.45, 2.75) is 38.4 Å². The Hall–Kier alpha value is -1.85. The summed E-state index contributed by atoms with van der Waals surface area (Å²) in [6.45, 7) is 4.04. The summed E-state index contributed by atoms with van der Waals surface area (Å²) in [5.41, 5.74) is 1.66. The van der Waals surface area contributed by atoms with Crippen LogP contribution in [-0.2, 0) is 11.8 Å². The normalized spacial score (nSPS) is 25.3. The van der Waals surface area contributed by atoms with E-state index in [0.717, 1.165) is 35.9 Å². The highest BCUT2D eigenvalue weighted by Crippen LogP contribution is 2.51. The predicted octanol–water partition coefficient (Wildman–Crippen LogP) is 2.57. The molecule has 5 nitrogen and oxygen atoms in total. The number of ether oxygens (including phenoxy) is 1. The van der Waals surface area contributed by atoms with Crippen molar-refractivity contribution < 1.29 is 14.6 Å². The lowest BCUT2D eigenvalue weighted by Gasteiger charge is -2.56. The minimum atomic E-state index is -0.293. The van der Waals surface area contributed by atoms with Gasteiger partial charge in [-0.05, 0) is 31.9 Å². The van der Waals surface area contributed by atoms with Gasteiger partial charge in [-0.2, -0.15) is 0 Å². The standard InChI is InChI=1S/C20H26N2O3/c1-3-25-18-13-17(23)20(18)8-10-22(11-9-20)19(24)16-12-14-6-4-5-7-15(14)21(16)2/h4-7,12,17-18,23H,3,8-11,13H2,1-2H3/t17-,18-/m0/s1. The van der Waals surface area contributed by atoms with Gasteiger partial charge in [0.15, 0.2) is 0 Å². The summed E-state index contributed by atoms with van der Waals surface area (Å²) >= 11 is 0. The molecule has 4 rings (SSSR count). The third kappa shape index (κ3) is 2.49. The van der Waals surface area contributed by atoms with Crippen LogP contribution >= 0.6 is 0 Å². The molecule has 2 aromatic rings. The molecule has 2 fully saturated rings. The molecule has 1 aliphatic carbocycles. The van der Waals surface area contributed by atoms with Crippen LogP contribution in [0.1, 0.15) is 36.7 Å². The zero-order valence-corrected chi connectivity index (χ0v) is 14.9. The molecule has 2 heterocycles. The molecule has 2 atom stereocenters. The third-order valence-corrected chi connectivity index (χ3v) is 6.26. The van der Waals surface area contributed by atoms with Gasteiger partial charge in [-0.3, -0.25) is 4.79 Å². The number of piperidine rings is 1. The van der Waals surface area contributed by atoms with Crippen molar-refractivity contribution in [1.29, 1.82) is 0 Å². The Kier molecular flexibility index (Phi) is 4.08. The fourth-order valence-corrected chi connectivity index (χ4v) is 4.60. The van der Waals surface area contributed by atoms with E-state index in [4.69, 9.17) is 4.74 Å². The van der Waals surface area contributed by atoms with E-state index in [9.17, 15) is 9.90 Å². The van der Waals surface area contributed by atoms with Crippen LogP contribution in [0, 0.1) is 5.41 Å². The Labute approximate surface area is 148 Å². The van der Waals surface area contributed by atoms with E-state index < -0.39 is 0 Å². The van der Waals surface area contributed by atoms with E-state index in [1.54, 1.807) is 0 Å². The Morgan fingerprint density at radius 3 is 2.68 bits per heavy atom. The molecular formula is C20H26N2O3. The number of likely N-dealkylation sites (tertiary alicyclic amines) is 1. The molecule has 1 spiro atoms. The number of aryl methyl sites for hydroxylation is 1. The number of fused-ring (bicyclic) bond motifs is 1. The maximum Gasteiger partial charge on any atom is 0.270 e. The van der Waals surface area contributed by atoms with Crippen LogP contribution in [0.2, 0.25) is 0 Å². The molecule has 1 aliphatic heterocycles. The van der Waals surface area contributed by atoms with Crippen molar-refractivity contribution in [3.8, 4) is 0 Å². The average Bonchev–Trinajstić information content (AvgIpc) is 2.98. The van der Waals surface area contributed by atoms with Crippen molar-refractivity contribution in [3.63, 3.8) is 0 Å². The molecule has 1 saturated heterocycles. The van der Waals surface area contributed by atoms with Crippen LogP contribution in [-0.4, -0.2) is 52.4 Å². The van der Waals surface area contributed by atoms with Gasteiger partial charge in [0, 0.05) is 49.5 Å². The molecule has 5 heteroatoms. The molecule has 134 valence electrons. The van der Waals surface area contributed by atoms with Gasteiger partial charge in [0.05, 0.1) is 12.2 Å². The second kappa shape index (κ2) is 6.15. The summed E-state index contributed by atoms with van der Waals surface area (Å²) in [7, 11) is 1.95. The van der Waals surface area contributed by atoms with Crippen LogP contribution in [0.25, 0.3) is 10.9 Å². The molecule has 0 bridgehead atoms. The first-order valence-electron chi connectivity index (χ1n) is 9.20. The number of aliphatic hydroxyl groups excluding tert-OH is 1. The Morgan fingerprint density at radius 2 is 2.04 bits per heavy atom. The molecule has 1 saturated carbocycles. The summed E-state index contributed by atoms with van der Waals surface area (Å²) < 4.78 is 7.79. The number of amides is 1. The molecule has 0 radical (unpaired) electrons. The van der Waals surface area contributed by atoms with Crippen LogP contribution in [0.15, 0.2) is 30.3 Å². The van der Waals surface area contributed by atoms with Crippen LogP contribution in [0.4, 0.5) is 0 Å². The van der Waals surface area contributed by atoms with Crippen LogP contribution < -0.4 is 0 Å². The number of hydrogen-bond donors (Lipinski definition) is 1. The van der Waals surface area contributed by atoms with Crippen molar-refractivity contribution in [2.24, 2.45) is 12.5 Å². The lowest BCUT2D eigenvalue weighted by molar-refractivity contribution is -0.207. The highest BCUT2D eigenvalue weighted by Gasteiger charge is 2.56. The zero-order valence-electron chi connectivity index (χ0n) is 14.9. The number of benzene rings is 1. The molecule has 1 N–H and O–H groups in total. The lowest BCUT2D eigenvalue weighted by atomic mass is 9.58. The van der Waals surface area contributed by atoms with Gasteiger partial charge < -0.3 is 19.3 Å². The molecule has 1 amide bonds. The topological polar surface area (TPSA) is 54.7 Å². The summed E-state index contributed by atoms with van der Waals surface area (Å²) in [4.78, 5) is 14.9. The van der Waals surface area contributed by atoms with Gasteiger partial charge in [0.1, 0.15) is 5.69 Å². The van der Waals surface area contributed by atoms with Crippen molar-refractivity contribution in [2.75, 3.05) is 19.7 Å². The number of carbonyl (C=O) groups is 1. The van der Waals surface area contributed by atoms with Gasteiger partial charge in [0.25, 0.3) is 5.91 Å². The van der Waals surface area contributed by atoms with E-state index in [2.05, 4.69) is 0 Å². The summed E-state index contributed by atoms with van der Waals surface area (Å²) in [5, 5.41) is 11.4. The van der Waals surface area contributed by atoms with Crippen LogP contribution in [0.5, 0.6) is 0 Å². The first-order valence-corrected chi connectivity index (χ1v) is 9.20. The Morgan fingerprint density at radius 1 is 1.32 bits per heavy atom. The molecule has 1 aromatic heterocycles. The number of carbonyl (C=O) groups excluding carboxylic acids is 1. The average molecular weight is 342 g/mol. The Balaban J connectivity index is 1.50. The van der Waals surface area contributed by atoms with E-state index in [0.29, 0.717) is 19.7 Å². The van der Waals surface area contributed by atoms with Crippen molar-refractivity contribution >= 4 is 16.8 Å². The monoisotopic (exact) mass is 342 g/mol. The van der Waals surface area contributed by atoms with Gasteiger partial charge in [-0.25, -0.2) is 0 Å². The maximum absolute atomic E-state index is 13.0. The molecule has 1 aromatic carbocycles. The third-order valence-electron chi connectivity index (χ3n) is 6.26. The fourth-order valence-electron chi connectivity index (χ4n) is 4.60. The second-order valence-corrected chi connectivity index (χ2v) is 7.37. The quantitative estimate of drug-likeness (QED) is 0.933. The van der Waals surface area contributed by atoms with Crippen molar-refractivity contribution in [3.05, 3.63) is 36.0 Å². The smallest absolute Gasteiger partial charge is 0.270 e. The number of hydrogen-bond acceptors (Lipinski definition) is 3. The minimum absolute atomic E-state index is 0.0790. The first kappa shape index (κ1) is 16.6. The van der Waals surface area contributed by atoms with E-state index >= 15 is 0 Å². The second-order valence-electron chi connectivity index (χ2n) is 7.37. The minimum Gasteiger partial charge on any atom is -0.392 e. The highest BCUT2D eigenvalue weighted by atomic mass is 16.5. The fraction of sp³-hybridized carbons (Fsp3) is 0.550. The molecule has 0 unspecified atom stereocenters. The summed E-state index contributed by atoms with van der Waals surface area (Å²) in [6, 6.07) is 10.0. The SMILES string of the molecule is CCO[C@H]1C[C@H](O)C12CCN(C(=O)c1cc3ccccc3n1C)CC2. The largest absolute Gasteiger partial charge is 0.392 e. The summed E-state index contributed by atoms with van der Waals surface area (Å²) in [5.74, 6) is 0.0790. The number of aliphatic hydroxyl groups is 1.